The monoisotopic (exact) mass is 237 g/mol. The van der Waals surface area contributed by atoms with Crippen LogP contribution in [0.3, 0.4) is 0 Å². The second-order valence-electron chi connectivity index (χ2n) is 4.03. The Bertz CT molecular complexity index is 714. The quantitative estimate of drug-likeness (QED) is 0.744. The molecule has 1 aromatic heterocycles. The Morgan fingerprint density at radius 3 is 2.33 bits per heavy atom. The third kappa shape index (κ3) is 1.57. The van der Waals surface area contributed by atoms with E-state index in [4.69, 9.17) is 10.2 Å². The van der Waals surface area contributed by atoms with Crippen LogP contribution in [0.1, 0.15) is 10.4 Å². The van der Waals surface area contributed by atoms with Crippen molar-refractivity contribution in [2.45, 2.75) is 0 Å². The maximum atomic E-state index is 11.6. The largest absolute Gasteiger partial charge is 0.455 e. The predicted octanol–water partition coefficient (Wildman–Crippen LogP) is 3.20. The number of primary amides is 1. The first-order valence-corrected chi connectivity index (χ1v) is 5.64. The maximum Gasteiger partial charge on any atom is 0.253 e. The molecule has 3 nitrogen and oxygen atoms in total. The number of carbonyl (C=O) groups excluding carboxylic acids is 1. The summed E-state index contributed by atoms with van der Waals surface area (Å²) in [6.07, 6.45) is 0. The third-order valence-corrected chi connectivity index (χ3v) is 2.88. The van der Waals surface area contributed by atoms with E-state index in [0.29, 0.717) is 16.9 Å². The average Bonchev–Trinajstić information content (AvgIpc) is 2.79. The Balaban J connectivity index is 2.36. The summed E-state index contributed by atoms with van der Waals surface area (Å²) in [6.45, 7) is 0. The van der Waals surface area contributed by atoms with Crippen LogP contribution in [0, 0.1) is 0 Å². The highest BCUT2D eigenvalue weighted by Gasteiger charge is 2.19. The van der Waals surface area contributed by atoms with Gasteiger partial charge in [0.1, 0.15) is 11.3 Å². The van der Waals surface area contributed by atoms with Crippen LogP contribution < -0.4 is 5.73 Å². The Labute approximate surface area is 104 Å². The summed E-state index contributed by atoms with van der Waals surface area (Å²) in [4.78, 5) is 11.6. The van der Waals surface area contributed by atoms with Gasteiger partial charge < -0.3 is 10.2 Å². The van der Waals surface area contributed by atoms with Gasteiger partial charge in [-0.15, -0.1) is 0 Å². The van der Waals surface area contributed by atoms with Crippen LogP contribution in [0.15, 0.2) is 59.0 Å². The summed E-state index contributed by atoms with van der Waals surface area (Å²) in [5.41, 5.74) is 7.43. The van der Waals surface area contributed by atoms with Crippen LogP contribution >= 0.6 is 0 Å². The van der Waals surface area contributed by atoms with Crippen LogP contribution in [0.4, 0.5) is 0 Å². The summed E-state index contributed by atoms with van der Waals surface area (Å²) >= 11 is 0. The van der Waals surface area contributed by atoms with Gasteiger partial charge in [0.05, 0.1) is 5.56 Å². The Hall–Kier alpha value is -2.55. The van der Waals surface area contributed by atoms with Gasteiger partial charge in [-0.1, -0.05) is 48.5 Å². The first-order valence-electron chi connectivity index (χ1n) is 5.64. The molecule has 1 amide bonds. The van der Waals surface area contributed by atoms with E-state index in [1.807, 2.05) is 54.6 Å². The molecule has 2 aromatic carbocycles. The summed E-state index contributed by atoms with van der Waals surface area (Å²) in [7, 11) is 0. The summed E-state index contributed by atoms with van der Waals surface area (Å²) in [5, 5.41) is 0.754. The average molecular weight is 237 g/mol. The molecule has 0 saturated heterocycles. The summed E-state index contributed by atoms with van der Waals surface area (Å²) in [6, 6.07) is 16.9. The molecule has 0 aliphatic heterocycles. The van der Waals surface area contributed by atoms with Crippen LogP contribution in [0.5, 0.6) is 0 Å². The Morgan fingerprint density at radius 1 is 0.944 bits per heavy atom. The normalized spacial score (nSPS) is 10.7. The summed E-state index contributed by atoms with van der Waals surface area (Å²) in [5.74, 6) is 0.0584. The van der Waals surface area contributed by atoms with E-state index in [1.165, 1.54) is 0 Å². The van der Waals surface area contributed by atoms with E-state index in [1.54, 1.807) is 0 Å². The van der Waals surface area contributed by atoms with E-state index in [-0.39, 0.29) is 0 Å². The number of rotatable bonds is 2. The van der Waals surface area contributed by atoms with Gasteiger partial charge in [-0.2, -0.15) is 0 Å². The number of nitrogens with two attached hydrogens (primary N) is 1. The van der Waals surface area contributed by atoms with Crippen LogP contribution in [0.25, 0.3) is 22.3 Å². The van der Waals surface area contributed by atoms with Crippen molar-refractivity contribution in [1.29, 1.82) is 0 Å². The van der Waals surface area contributed by atoms with Crippen molar-refractivity contribution < 1.29 is 9.21 Å². The molecule has 88 valence electrons. The zero-order valence-corrected chi connectivity index (χ0v) is 9.59. The predicted molar refractivity (Wildman–Crippen MR) is 70.2 cm³/mol. The molecule has 0 unspecified atom stereocenters. The standard InChI is InChI=1S/C15H11NO2/c16-15(17)13-11-8-4-5-9-12(11)18-14(13)10-6-2-1-3-7-10/h1-9H,(H2,16,17). The molecule has 0 fully saturated rings. The summed E-state index contributed by atoms with van der Waals surface area (Å²) < 4.78 is 5.75. The van der Waals surface area contributed by atoms with Crippen molar-refractivity contribution in [3.8, 4) is 11.3 Å². The molecule has 3 aromatic rings. The molecule has 0 aliphatic carbocycles. The number of hydrogen-bond acceptors (Lipinski definition) is 2. The van der Waals surface area contributed by atoms with Crippen molar-refractivity contribution in [2.75, 3.05) is 0 Å². The highest BCUT2D eigenvalue weighted by atomic mass is 16.3. The molecule has 0 spiro atoms. The van der Waals surface area contributed by atoms with Gasteiger partial charge in [-0.3, -0.25) is 4.79 Å². The minimum Gasteiger partial charge on any atom is -0.455 e. The molecule has 0 bridgehead atoms. The molecular formula is C15H11NO2. The molecule has 3 heteroatoms. The second-order valence-corrected chi connectivity index (χ2v) is 4.03. The zero-order chi connectivity index (χ0) is 12.5. The molecule has 0 saturated carbocycles. The van der Waals surface area contributed by atoms with E-state index in [9.17, 15) is 4.79 Å². The van der Waals surface area contributed by atoms with Crippen LogP contribution in [-0.4, -0.2) is 5.91 Å². The zero-order valence-electron chi connectivity index (χ0n) is 9.59. The molecule has 0 aliphatic rings. The van der Waals surface area contributed by atoms with Crippen molar-refractivity contribution in [1.82, 2.24) is 0 Å². The SMILES string of the molecule is NC(=O)c1c(-c2ccccc2)oc2ccccc12. The third-order valence-electron chi connectivity index (χ3n) is 2.88. The minimum absolute atomic E-state index is 0.441. The number of carbonyl (C=O) groups is 1. The smallest absolute Gasteiger partial charge is 0.253 e. The fraction of sp³-hybridized carbons (Fsp3) is 0. The number of hydrogen-bond donors (Lipinski definition) is 1. The number of benzene rings is 2. The number of amides is 1. The minimum atomic E-state index is -0.473. The lowest BCUT2D eigenvalue weighted by Crippen LogP contribution is -2.11. The molecule has 3 rings (SSSR count). The van der Waals surface area contributed by atoms with Gasteiger partial charge in [-0.25, -0.2) is 0 Å². The van der Waals surface area contributed by atoms with E-state index >= 15 is 0 Å². The second kappa shape index (κ2) is 4.04. The number of para-hydroxylation sites is 1. The van der Waals surface area contributed by atoms with Gasteiger partial charge in [0.15, 0.2) is 0 Å². The lowest BCUT2D eigenvalue weighted by Gasteiger charge is -1.98. The Morgan fingerprint density at radius 2 is 1.61 bits per heavy atom. The highest BCUT2D eigenvalue weighted by Crippen LogP contribution is 2.32. The maximum absolute atomic E-state index is 11.6. The first-order chi connectivity index (χ1) is 8.77. The van der Waals surface area contributed by atoms with E-state index in [2.05, 4.69) is 0 Å². The van der Waals surface area contributed by atoms with E-state index < -0.39 is 5.91 Å². The van der Waals surface area contributed by atoms with Gasteiger partial charge >= 0.3 is 0 Å². The fourth-order valence-electron chi connectivity index (χ4n) is 2.08. The fourth-order valence-corrected chi connectivity index (χ4v) is 2.08. The Kier molecular flexibility index (Phi) is 2.38. The van der Waals surface area contributed by atoms with Gasteiger partial charge in [-0.05, 0) is 6.07 Å². The molecular weight excluding hydrogens is 226 g/mol. The van der Waals surface area contributed by atoms with Crippen molar-refractivity contribution in [3.05, 3.63) is 60.2 Å². The van der Waals surface area contributed by atoms with Crippen LogP contribution in [0.2, 0.25) is 0 Å². The molecule has 18 heavy (non-hydrogen) atoms. The first kappa shape index (κ1) is 10.6. The topological polar surface area (TPSA) is 56.2 Å². The van der Waals surface area contributed by atoms with Gasteiger partial charge in [0, 0.05) is 10.9 Å². The highest BCUT2D eigenvalue weighted by molar-refractivity contribution is 6.10. The number of fused-ring (bicyclic) bond motifs is 1. The van der Waals surface area contributed by atoms with Crippen molar-refractivity contribution >= 4 is 16.9 Å². The molecule has 0 atom stereocenters. The lowest BCUT2D eigenvalue weighted by molar-refractivity contribution is 0.100. The lowest BCUT2D eigenvalue weighted by atomic mass is 10.1. The van der Waals surface area contributed by atoms with Gasteiger partial charge in [0.2, 0.25) is 0 Å². The molecule has 0 radical (unpaired) electrons. The molecule has 1 heterocycles. The number of furan rings is 1. The molecule has 2 N–H and O–H groups in total. The van der Waals surface area contributed by atoms with Crippen molar-refractivity contribution in [3.63, 3.8) is 0 Å². The van der Waals surface area contributed by atoms with E-state index in [0.717, 1.165) is 10.9 Å². The van der Waals surface area contributed by atoms with Crippen molar-refractivity contribution in [2.24, 2.45) is 5.73 Å². The van der Waals surface area contributed by atoms with Crippen LogP contribution in [-0.2, 0) is 0 Å². The van der Waals surface area contributed by atoms with Gasteiger partial charge in [0.25, 0.3) is 5.91 Å².